The number of hydrogen-bond acceptors (Lipinski definition) is 16. The van der Waals surface area contributed by atoms with Gasteiger partial charge in [-0.3, -0.25) is 64.1 Å². The fourth-order valence-electron chi connectivity index (χ4n) is 24.2. The summed E-state index contributed by atoms with van der Waals surface area (Å²) in [6.45, 7) is 24.1. The molecule has 2 N–H and O–H groups in total. The number of morpholine rings is 1. The number of carbonyl (C=O) groups is 5. The molecule has 0 aromatic heterocycles. The molecule has 0 amide bonds. The standard InChI is InChI=1S/C27H35NO.C24H28O2.C22H23NO4.C21H22N2O4.C20H19NO3/c1-6-26(7-2)23-17-19(3)11-13-21(23)22-14-12-20(18-24(22)26)25(29)27(28(4)5)15-9-8-10-16-27;1-3-23(4-2)20-11-7-6-10-18(20)19-13-12-17(16-21(19)23)22(25)24(26)14-8-5-9-15-24;1-21(2)18-12-14(20(24)22(25)10-4-3-5-11-22)6-8-16(18)17-9-7-15(23(26)27)13-19(17)21;1-21(2,22-7-9-27-10-8-22)20(24)14-3-5-18-15(11-14)12-16-13-17(23(25)26)4-6-19(16)18;1-20(8-2-3-9-20)19(22)13-4-6-17-14(10-13)11-15-12-16(21(23)24)5-7-18(15)17/h11-14,17-18H,6-10,15-16H2,1-5H3;6-7,10-13,16,26H,3-5,8-9,14-15H2,1-2H3;6-9,12-13,25H,3-5,10-11H2,1-2H3;3-6,11,13H,7-10,12H2,1-2H3;4-7,10,12H,2-3,8-9,11H2,1H3. The third kappa shape index (κ3) is 17.2. The van der Waals surface area contributed by atoms with Gasteiger partial charge >= 0.3 is 0 Å². The van der Waals surface area contributed by atoms with Gasteiger partial charge in [0.2, 0.25) is 0 Å². The van der Waals surface area contributed by atoms with Crippen LogP contribution in [0.15, 0.2) is 188 Å². The van der Waals surface area contributed by atoms with Gasteiger partial charge in [-0.25, -0.2) is 0 Å². The zero-order valence-corrected chi connectivity index (χ0v) is 79.4. The molecule has 10 aromatic rings. The van der Waals surface area contributed by atoms with Crippen molar-refractivity contribution in [1.29, 1.82) is 0 Å². The summed E-state index contributed by atoms with van der Waals surface area (Å²) in [7, 11) is 4.16. The summed E-state index contributed by atoms with van der Waals surface area (Å²) in [4.78, 5) is 102. The van der Waals surface area contributed by atoms with Crippen molar-refractivity contribution in [3.05, 3.63) is 307 Å². The molecule has 5 fully saturated rings. The van der Waals surface area contributed by atoms with Gasteiger partial charge in [0.05, 0.1) is 39.1 Å². The van der Waals surface area contributed by atoms with Gasteiger partial charge in [0.1, 0.15) is 11.2 Å². The number of fused-ring (bicyclic) bond motifs is 15. The van der Waals surface area contributed by atoms with E-state index in [4.69, 9.17) is 4.74 Å². The molecule has 133 heavy (non-hydrogen) atoms. The molecule has 0 bridgehead atoms. The Morgan fingerprint density at radius 3 is 1.18 bits per heavy atom. The fraction of sp³-hybridized carbons (Fsp3) is 0.430. The number of nitro groups is 3. The molecule has 10 aliphatic rings. The number of non-ortho nitro benzene ring substituents is 3. The molecule has 692 valence electrons. The maximum atomic E-state index is 13.8. The van der Waals surface area contributed by atoms with Crippen molar-refractivity contribution in [2.75, 3.05) is 40.4 Å². The van der Waals surface area contributed by atoms with Crippen molar-refractivity contribution in [3.63, 3.8) is 0 Å². The highest BCUT2D eigenvalue weighted by Gasteiger charge is 2.49. The number of likely N-dealkylation sites (N-methyl/N-ethyl adjacent to an activating group) is 1. The fourth-order valence-corrected chi connectivity index (χ4v) is 24.2. The molecule has 1 aliphatic heterocycles. The minimum absolute atomic E-state index is 0.0187. The van der Waals surface area contributed by atoms with E-state index in [-0.39, 0.29) is 76.7 Å². The lowest BCUT2D eigenvalue weighted by atomic mass is 9.72. The summed E-state index contributed by atoms with van der Waals surface area (Å²) in [5, 5.41) is 54.9. The molecule has 0 radical (unpaired) electrons. The summed E-state index contributed by atoms with van der Waals surface area (Å²) >= 11 is 0. The Hall–Kier alpha value is -11.5. The number of Topliss-reactive ketones (excluding diaryl/α,β-unsaturated/α-hetero) is 5. The molecular formula is C114H127N5O14. The molecule has 9 aliphatic carbocycles. The van der Waals surface area contributed by atoms with Gasteiger partial charge in [0, 0.05) is 99.0 Å². The predicted molar refractivity (Wildman–Crippen MR) is 525 cm³/mol. The molecule has 0 spiro atoms. The van der Waals surface area contributed by atoms with E-state index < -0.39 is 22.2 Å². The lowest BCUT2D eigenvalue weighted by Gasteiger charge is -2.41. The predicted octanol–water partition coefficient (Wildman–Crippen LogP) is 25.3. The highest BCUT2D eigenvalue weighted by molar-refractivity contribution is 6.07. The van der Waals surface area contributed by atoms with Crippen LogP contribution in [0, 0.1) is 42.7 Å². The second-order valence-electron chi connectivity index (χ2n) is 40.6. The lowest BCUT2D eigenvalue weighted by Crippen LogP contribution is -2.54. The first kappa shape index (κ1) is 94.7. The minimum atomic E-state index is -1.26. The number of aliphatic hydroxyl groups is 2. The third-order valence-corrected chi connectivity index (χ3v) is 32.3. The van der Waals surface area contributed by atoms with Crippen LogP contribution < -0.4 is 0 Å². The van der Waals surface area contributed by atoms with E-state index in [1.165, 1.54) is 68.6 Å². The van der Waals surface area contributed by atoms with Crippen molar-refractivity contribution >= 4 is 46.0 Å². The highest BCUT2D eigenvalue weighted by Crippen LogP contribution is 2.57. The van der Waals surface area contributed by atoms with Gasteiger partial charge in [0.15, 0.2) is 28.9 Å². The average molecular weight is 1790 g/mol. The number of nitrogens with zero attached hydrogens (tertiary/aromatic N) is 5. The zero-order valence-electron chi connectivity index (χ0n) is 79.4. The Morgan fingerprint density at radius 1 is 0.383 bits per heavy atom. The first-order valence-corrected chi connectivity index (χ1v) is 48.5. The number of ether oxygens (including phenoxy) is 1. The van der Waals surface area contributed by atoms with Gasteiger partial charge in [-0.15, -0.1) is 0 Å². The van der Waals surface area contributed by atoms with E-state index in [1.807, 2.05) is 88.4 Å². The summed E-state index contributed by atoms with van der Waals surface area (Å²) < 4.78 is 5.40. The van der Waals surface area contributed by atoms with E-state index >= 15 is 0 Å². The second kappa shape index (κ2) is 37.4. The lowest BCUT2D eigenvalue weighted by molar-refractivity contribution is -0.385. The molecule has 1 saturated heterocycles. The molecular weight excluding hydrogens is 1660 g/mol. The van der Waals surface area contributed by atoms with E-state index in [2.05, 4.69) is 138 Å². The van der Waals surface area contributed by atoms with Crippen molar-refractivity contribution < 1.29 is 53.7 Å². The van der Waals surface area contributed by atoms with Gasteiger partial charge in [-0.1, -0.05) is 228 Å². The molecule has 4 saturated carbocycles. The molecule has 1 heterocycles. The smallest absolute Gasteiger partial charge is 0.269 e. The zero-order chi connectivity index (χ0) is 94.7. The first-order chi connectivity index (χ1) is 63.5. The summed E-state index contributed by atoms with van der Waals surface area (Å²) in [6, 6.07) is 60.3. The van der Waals surface area contributed by atoms with Crippen LogP contribution in [0.2, 0.25) is 0 Å². The number of hydrogen-bond donors (Lipinski definition) is 2. The molecule has 19 heteroatoms. The van der Waals surface area contributed by atoms with E-state index in [0.29, 0.717) is 74.2 Å². The van der Waals surface area contributed by atoms with Gasteiger partial charge in [-0.05, 0) is 285 Å². The van der Waals surface area contributed by atoms with E-state index in [0.717, 1.165) is 207 Å². The Kier molecular flexibility index (Phi) is 26.7. The molecule has 0 atom stereocenters. The van der Waals surface area contributed by atoms with Crippen LogP contribution in [0.3, 0.4) is 0 Å². The minimum Gasteiger partial charge on any atom is -0.382 e. The third-order valence-electron chi connectivity index (χ3n) is 32.3. The van der Waals surface area contributed by atoms with Crippen LogP contribution >= 0.6 is 0 Å². The number of aryl methyl sites for hydroxylation is 1. The average Bonchev–Trinajstić information content (AvgIpc) is 1.57. The van der Waals surface area contributed by atoms with Crippen LogP contribution in [0.5, 0.6) is 0 Å². The molecule has 19 nitrogen and oxygen atoms in total. The molecule has 20 rings (SSSR count). The number of rotatable bonds is 19. The van der Waals surface area contributed by atoms with Crippen LogP contribution in [0.1, 0.15) is 323 Å². The molecule has 0 unspecified atom stereocenters. The highest BCUT2D eigenvalue weighted by atomic mass is 16.6. The first-order valence-electron chi connectivity index (χ1n) is 48.5. The SMILES string of the molecule is CC(C)(C(=O)c1ccc2c(c1)Cc1cc([N+](=O)[O-])ccc1-2)N1CCOCC1.CC1(C(=O)c2ccc3c(c2)Cc2cc([N+](=O)[O-])ccc2-3)CCCC1.CC1(C)c2cc(C(=O)C3(O)CCCCC3)ccc2-c2ccc([N+](=O)[O-])cc21.CCC1(CC)c2cc(C)ccc2-c2ccc(C(=O)C3(N(C)C)CCCCC3)cc21.CCC1(CC)c2ccccc2-c2ccc(C(=O)C3(O)CCCCC3)cc21. The van der Waals surface area contributed by atoms with Gasteiger partial charge in [-0.2, -0.15) is 0 Å². The largest absolute Gasteiger partial charge is 0.382 e. The van der Waals surface area contributed by atoms with Crippen LogP contribution in [-0.2, 0) is 33.8 Å². The van der Waals surface area contributed by atoms with Crippen molar-refractivity contribution in [2.45, 2.75) is 268 Å². The van der Waals surface area contributed by atoms with Gasteiger partial charge in [0.25, 0.3) is 17.1 Å². The molecule has 10 aromatic carbocycles. The number of carbonyl (C=O) groups excluding carboxylic acids is 5. The van der Waals surface area contributed by atoms with Crippen molar-refractivity contribution in [3.8, 4) is 55.6 Å². The summed E-state index contributed by atoms with van der Waals surface area (Å²) in [5.74, 6) is 0.358. The van der Waals surface area contributed by atoms with Crippen LogP contribution in [0.4, 0.5) is 17.1 Å². The van der Waals surface area contributed by atoms with E-state index in [9.17, 15) is 64.5 Å². The second-order valence-corrected chi connectivity index (χ2v) is 40.6. The van der Waals surface area contributed by atoms with E-state index in [1.54, 1.807) is 42.5 Å². The quantitative estimate of drug-likeness (QED) is 0.0433. The number of nitro benzene ring substituents is 3. The maximum absolute atomic E-state index is 13.8. The van der Waals surface area contributed by atoms with Gasteiger partial charge < -0.3 is 14.9 Å². The maximum Gasteiger partial charge on any atom is 0.269 e. The topological polar surface area (TPSA) is 271 Å². The monoisotopic (exact) mass is 1790 g/mol. The number of benzene rings is 10. The van der Waals surface area contributed by atoms with Crippen LogP contribution in [0.25, 0.3) is 55.6 Å². The summed E-state index contributed by atoms with van der Waals surface area (Å²) in [5.41, 5.74) is 23.9. The Balaban J connectivity index is 0.000000121. The Bertz CT molecular complexity index is 6270. The van der Waals surface area contributed by atoms with Crippen LogP contribution in [-0.4, -0.2) is 126 Å². The Morgan fingerprint density at radius 2 is 0.722 bits per heavy atom. The Labute approximate surface area is 782 Å². The summed E-state index contributed by atoms with van der Waals surface area (Å²) in [6.07, 6.45) is 23.1. The normalized spacial score (nSPS) is 18.4. The number of ketones is 5. The van der Waals surface area contributed by atoms with Crippen molar-refractivity contribution in [2.24, 2.45) is 5.41 Å². The van der Waals surface area contributed by atoms with Crippen molar-refractivity contribution in [1.82, 2.24) is 9.80 Å².